The highest BCUT2D eigenvalue weighted by Gasteiger charge is 2.06. The molecule has 0 aromatic heterocycles. The summed E-state index contributed by atoms with van der Waals surface area (Å²) in [5.74, 6) is 0.920. The van der Waals surface area contributed by atoms with E-state index in [1.54, 1.807) is 11.8 Å². The molecule has 2 nitrogen and oxygen atoms in total. The number of anilines is 1. The van der Waals surface area contributed by atoms with Crippen molar-refractivity contribution in [2.24, 2.45) is 5.92 Å². The molecule has 2 heteroatoms. The van der Waals surface area contributed by atoms with Crippen molar-refractivity contribution in [3.8, 4) is 0 Å². The summed E-state index contributed by atoms with van der Waals surface area (Å²) in [5, 5.41) is 0. The largest absolute Gasteiger partial charge is 0.313 e. The Hall–Kier alpha value is -1.31. The summed E-state index contributed by atoms with van der Waals surface area (Å²) in [6, 6.07) is 9.68. The van der Waals surface area contributed by atoms with Crippen LogP contribution in [0.5, 0.6) is 0 Å². The van der Waals surface area contributed by atoms with Gasteiger partial charge in [-0.05, 0) is 25.0 Å². The minimum Gasteiger partial charge on any atom is -0.313 e. The first-order valence-electron chi connectivity index (χ1n) is 5.82. The van der Waals surface area contributed by atoms with Crippen LogP contribution in [-0.2, 0) is 4.79 Å². The van der Waals surface area contributed by atoms with Crippen molar-refractivity contribution in [1.82, 2.24) is 0 Å². The Labute approximate surface area is 99.3 Å². The van der Waals surface area contributed by atoms with E-state index in [1.807, 2.05) is 37.3 Å². The fourth-order valence-corrected chi connectivity index (χ4v) is 1.19. The molecule has 0 saturated carbocycles. The van der Waals surface area contributed by atoms with Crippen molar-refractivity contribution in [2.75, 3.05) is 11.4 Å². The first-order chi connectivity index (χ1) is 7.49. The standard InChI is InChI=1S/C10H13NO.C4H10/c1-3-11(9(2)12)10-7-5-4-6-8-10;1-4(2)3/h4-8H,3H2,1-2H3;4H,1-3H3. The highest BCUT2D eigenvalue weighted by molar-refractivity contribution is 5.91. The molecule has 0 heterocycles. The van der Waals surface area contributed by atoms with Gasteiger partial charge in [0.25, 0.3) is 0 Å². The summed E-state index contributed by atoms with van der Waals surface area (Å²) in [7, 11) is 0. The van der Waals surface area contributed by atoms with Crippen molar-refractivity contribution in [1.29, 1.82) is 0 Å². The van der Waals surface area contributed by atoms with Gasteiger partial charge >= 0.3 is 0 Å². The van der Waals surface area contributed by atoms with Crippen LogP contribution in [0, 0.1) is 5.92 Å². The monoisotopic (exact) mass is 221 g/mol. The molecule has 0 unspecified atom stereocenters. The first-order valence-corrected chi connectivity index (χ1v) is 5.82. The number of nitrogens with zero attached hydrogens (tertiary/aromatic N) is 1. The lowest BCUT2D eigenvalue weighted by molar-refractivity contribution is -0.116. The Morgan fingerprint density at radius 3 is 1.94 bits per heavy atom. The van der Waals surface area contributed by atoms with E-state index < -0.39 is 0 Å². The number of carbonyl (C=O) groups is 1. The second-order valence-corrected chi connectivity index (χ2v) is 4.33. The smallest absolute Gasteiger partial charge is 0.223 e. The zero-order valence-corrected chi connectivity index (χ0v) is 11.0. The number of rotatable bonds is 2. The Bertz CT molecular complexity index is 290. The van der Waals surface area contributed by atoms with Crippen LogP contribution in [0.15, 0.2) is 30.3 Å². The molecular weight excluding hydrogens is 198 g/mol. The topological polar surface area (TPSA) is 20.3 Å². The fraction of sp³-hybridized carbons (Fsp3) is 0.500. The molecule has 0 aliphatic heterocycles. The number of hydrogen-bond donors (Lipinski definition) is 0. The van der Waals surface area contributed by atoms with Gasteiger partial charge in [0.1, 0.15) is 0 Å². The van der Waals surface area contributed by atoms with Gasteiger partial charge in [0.2, 0.25) is 5.91 Å². The minimum absolute atomic E-state index is 0.0868. The Morgan fingerprint density at radius 1 is 1.19 bits per heavy atom. The molecule has 0 aliphatic rings. The summed E-state index contributed by atoms with van der Waals surface area (Å²) in [6.07, 6.45) is 0. The molecular formula is C14H23NO. The molecule has 0 atom stereocenters. The second-order valence-electron chi connectivity index (χ2n) is 4.33. The van der Waals surface area contributed by atoms with Gasteiger partial charge in [0.05, 0.1) is 0 Å². The Kier molecular flexibility index (Phi) is 7.27. The zero-order chi connectivity index (χ0) is 12.6. The van der Waals surface area contributed by atoms with Crippen molar-refractivity contribution in [2.45, 2.75) is 34.6 Å². The summed E-state index contributed by atoms with van der Waals surface area (Å²) < 4.78 is 0. The van der Waals surface area contributed by atoms with Gasteiger partial charge in [-0.2, -0.15) is 0 Å². The molecule has 90 valence electrons. The van der Waals surface area contributed by atoms with E-state index in [4.69, 9.17) is 0 Å². The first kappa shape index (κ1) is 14.7. The molecule has 0 fully saturated rings. The lowest BCUT2D eigenvalue weighted by Gasteiger charge is -2.18. The molecule has 0 aliphatic carbocycles. The predicted octanol–water partition coefficient (Wildman–Crippen LogP) is 3.72. The van der Waals surface area contributed by atoms with Crippen LogP contribution in [0.3, 0.4) is 0 Å². The van der Waals surface area contributed by atoms with Crippen LogP contribution in [-0.4, -0.2) is 12.5 Å². The number of para-hydroxylation sites is 1. The van der Waals surface area contributed by atoms with E-state index in [1.165, 1.54) is 0 Å². The Balaban J connectivity index is 0.000000487. The van der Waals surface area contributed by atoms with Crippen LogP contribution in [0.1, 0.15) is 34.6 Å². The third-order valence-electron chi connectivity index (χ3n) is 1.76. The van der Waals surface area contributed by atoms with Crippen LogP contribution in [0.4, 0.5) is 5.69 Å². The van der Waals surface area contributed by atoms with E-state index in [9.17, 15) is 4.79 Å². The zero-order valence-electron chi connectivity index (χ0n) is 11.0. The minimum atomic E-state index is 0.0868. The van der Waals surface area contributed by atoms with E-state index >= 15 is 0 Å². The third kappa shape index (κ3) is 6.23. The van der Waals surface area contributed by atoms with Crippen LogP contribution >= 0.6 is 0 Å². The molecule has 0 radical (unpaired) electrons. The molecule has 1 aromatic rings. The SMILES string of the molecule is CC(C)C.CCN(C(C)=O)c1ccccc1. The fourth-order valence-electron chi connectivity index (χ4n) is 1.19. The number of hydrogen-bond acceptors (Lipinski definition) is 1. The highest BCUT2D eigenvalue weighted by Crippen LogP contribution is 2.12. The van der Waals surface area contributed by atoms with Gasteiger partial charge in [0, 0.05) is 19.2 Å². The molecule has 0 spiro atoms. The van der Waals surface area contributed by atoms with E-state index in [0.29, 0.717) is 0 Å². The van der Waals surface area contributed by atoms with Gasteiger partial charge in [-0.1, -0.05) is 39.0 Å². The maximum atomic E-state index is 11.1. The van der Waals surface area contributed by atoms with E-state index in [-0.39, 0.29) is 5.91 Å². The van der Waals surface area contributed by atoms with Crippen molar-refractivity contribution in [3.05, 3.63) is 30.3 Å². The predicted molar refractivity (Wildman–Crippen MR) is 70.7 cm³/mol. The average Bonchev–Trinajstić information content (AvgIpc) is 2.19. The molecule has 0 bridgehead atoms. The lowest BCUT2D eigenvalue weighted by atomic mass is 10.3. The van der Waals surface area contributed by atoms with E-state index in [2.05, 4.69) is 20.8 Å². The highest BCUT2D eigenvalue weighted by atomic mass is 16.2. The summed E-state index contributed by atoms with van der Waals surface area (Å²) in [4.78, 5) is 12.8. The molecule has 0 N–H and O–H groups in total. The molecule has 0 saturated heterocycles. The van der Waals surface area contributed by atoms with Crippen LogP contribution < -0.4 is 4.90 Å². The van der Waals surface area contributed by atoms with Crippen LogP contribution in [0.25, 0.3) is 0 Å². The molecule has 1 rings (SSSR count). The third-order valence-corrected chi connectivity index (χ3v) is 1.76. The number of carbonyl (C=O) groups excluding carboxylic acids is 1. The number of benzene rings is 1. The van der Waals surface area contributed by atoms with Gasteiger partial charge in [-0.3, -0.25) is 4.79 Å². The van der Waals surface area contributed by atoms with Gasteiger partial charge in [-0.15, -0.1) is 0 Å². The normalized spacial score (nSPS) is 9.38. The van der Waals surface area contributed by atoms with Gasteiger partial charge in [-0.25, -0.2) is 0 Å². The van der Waals surface area contributed by atoms with Crippen molar-refractivity contribution in [3.63, 3.8) is 0 Å². The molecule has 1 amide bonds. The maximum absolute atomic E-state index is 11.1. The lowest BCUT2D eigenvalue weighted by Crippen LogP contribution is -2.27. The second kappa shape index (κ2) is 7.91. The van der Waals surface area contributed by atoms with Crippen molar-refractivity contribution < 1.29 is 4.79 Å². The van der Waals surface area contributed by atoms with Gasteiger partial charge in [0.15, 0.2) is 0 Å². The van der Waals surface area contributed by atoms with E-state index in [0.717, 1.165) is 18.2 Å². The Morgan fingerprint density at radius 2 is 1.62 bits per heavy atom. The quantitative estimate of drug-likeness (QED) is 0.745. The maximum Gasteiger partial charge on any atom is 0.223 e. The van der Waals surface area contributed by atoms with Crippen molar-refractivity contribution >= 4 is 11.6 Å². The van der Waals surface area contributed by atoms with Crippen LogP contribution in [0.2, 0.25) is 0 Å². The molecule has 1 aromatic carbocycles. The summed E-state index contributed by atoms with van der Waals surface area (Å²) >= 11 is 0. The number of amides is 1. The average molecular weight is 221 g/mol. The summed E-state index contributed by atoms with van der Waals surface area (Å²) in [5.41, 5.74) is 0.965. The molecule has 16 heavy (non-hydrogen) atoms. The summed E-state index contributed by atoms with van der Waals surface area (Å²) in [6.45, 7) is 10.8. The van der Waals surface area contributed by atoms with Gasteiger partial charge < -0.3 is 4.90 Å².